The lowest BCUT2D eigenvalue weighted by Crippen LogP contribution is -2.42. The van der Waals surface area contributed by atoms with Crippen molar-refractivity contribution >= 4 is 17.8 Å². The molecule has 21 heavy (non-hydrogen) atoms. The van der Waals surface area contributed by atoms with Crippen molar-refractivity contribution in [3.8, 4) is 0 Å². The third kappa shape index (κ3) is 2.44. The van der Waals surface area contributed by atoms with Crippen LogP contribution >= 0.6 is 0 Å². The van der Waals surface area contributed by atoms with E-state index in [4.69, 9.17) is 0 Å². The summed E-state index contributed by atoms with van der Waals surface area (Å²) in [4.78, 5) is 37.4. The van der Waals surface area contributed by atoms with E-state index < -0.39 is 29.2 Å². The molecule has 5 heteroatoms. The number of likely N-dealkylation sites (tertiary alicyclic amines) is 1. The van der Waals surface area contributed by atoms with Gasteiger partial charge in [-0.15, -0.1) is 0 Å². The van der Waals surface area contributed by atoms with Gasteiger partial charge in [0.05, 0.1) is 5.41 Å². The molecule has 1 heterocycles. The highest BCUT2D eigenvalue weighted by Gasteiger charge is 2.53. The number of hydrogen-bond acceptors (Lipinski definition) is 3. The highest BCUT2D eigenvalue weighted by Crippen LogP contribution is 2.42. The van der Waals surface area contributed by atoms with Crippen LogP contribution in [0.15, 0.2) is 30.3 Å². The van der Waals surface area contributed by atoms with Gasteiger partial charge >= 0.3 is 5.97 Å². The van der Waals surface area contributed by atoms with Gasteiger partial charge in [-0.3, -0.25) is 14.5 Å². The molecule has 2 amide bonds. The molecule has 0 saturated carbocycles. The molecule has 2 unspecified atom stereocenters. The number of nitrogens with zero attached hydrogens (tertiary/aromatic N) is 1. The van der Waals surface area contributed by atoms with Crippen LogP contribution in [0.1, 0.15) is 38.8 Å². The highest BCUT2D eigenvalue weighted by molar-refractivity contribution is 6.08. The summed E-state index contributed by atoms with van der Waals surface area (Å²) in [5, 5.41) is 9.49. The van der Waals surface area contributed by atoms with Crippen LogP contribution in [0.2, 0.25) is 0 Å². The number of carboxylic acids is 1. The summed E-state index contributed by atoms with van der Waals surface area (Å²) in [6.07, 6.45) is 0.0557. The molecule has 1 N–H and O–H groups in total. The van der Waals surface area contributed by atoms with E-state index in [2.05, 4.69) is 0 Å². The second kappa shape index (κ2) is 5.31. The first-order chi connectivity index (χ1) is 9.79. The van der Waals surface area contributed by atoms with E-state index in [-0.39, 0.29) is 12.3 Å². The summed E-state index contributed by atoms with van der Waals surface area (Å²) in [7, 11) is 0. The van der Waals surface area contributed by atoms with Crippen LogP contribution in [0, 0.1) is 11.3 Å². The van der Waals surface area contributed by atoms with Crippen LogP contribution in [0.3, 0.4) is 0 Å². The number of aliphatic carboxylic acids is 1. The predicted molar refractivity (Wildman–Crippen MR) is 76.2 cm³/mol. The SMILES string of the molecule is CC(C)C1(C)CC(=O)N(C(C(=O)O)c2ccccc2)C1=O. The molecule has 0 spiro atoms. The van der Waals surface area contributed by atoms with Crippen molar-refractivity contribution in [2.45, 2.75) is 33.2 Å². The molecule has 5 nitrogen and oxygen atoms in total. The Morgan fingerprint density at radius 1 is 1.24 bits per heavy atom. The number of benzene rings is 1. The molecule has 1 fully saturated rings. The van der Waals surface area contributed by atoms with Gasteiger partial charge in [0.1, 0.15) is 0 Å². The summed E-state index contributed by atoms with van der Waals surface area (Å²) in [5.74, 6) is -2.06. The molecular formula is C16H19NO4. The van der Waals surface area contributed by atoms with Gasteiger partial charge in [-0.1, -0.05) is 44.2 Å². The summed E-state index contributed by atoms with van der Waals surface area (Å²) in [6, 6.07) is 7.12. The van der Waals surface area contributed by atoms with Gasteiger partial charge < -0.3 is 5.11 Å². The monoisotopic (exact) mass is 289 g/mol. The number of hydrogen-bond donors (Lipinski definition) is 1. The quantitative estimate of drug-likeness (QED) is 0.862. The zero-order valence-corrected chi connectivity index (χ0v) is 12.4. The second-order valence-electron chi connectivity index (χ2n) is 5.97. The number of imide groups is 1. The average Bonchev–Trinajstić information content (AvgIpc) is 2.65. The molecule has 1 saturated heterocycles. The van der Waals surface area contributed by atoms with E-state index in [0.717, 1.165) is 4.90 Å². The molecule has 1 aliphatic heterocycles. The molecule has 0 bridgehead atoms. The van der Waals surface area contributed by atoms with Gasteiger partial charge in [-0.25, -0.2) is 4.79 Å². The maximum atomic E-state index is 12.6. The Hall–Kier alpha value is -2.17. The standard InChI is InChI=1S/C16H19NO4/c1-10(2)16(3)9-12(18)17(15(16)21)13(14(19)20)11-7-5-4-6-8-11/h4-8,10,13H,9H2,1-3H3,(H,19,20). The van der Waals surface area contributed by atoms with Crippen LogP contribution in [0.4, 0.5) is 0 Å². The third-order valence-electron chi connectivity index (χ3n) is 4.38. The van der Waals surface area contributed by atoms with Crippen molar-refractivity contribution in [2.75, 3.05) is 0 Å². The van der Waals surface area contributed by atoms with Crippen LogP contribution < -0.4 is 0 Å². The van der Waals surface area contributed by atoms with Gasteiger partial charge in [-0.2, -0.15) is 0 Å². The Bertz CT molecular complexity index is 581. The first-order valence-electron chi connectivity index (χ1n) is 6.93. The molecule has 0 aromatic heterocycles. The molecule has 112 valence electrons. The normalized spacial score (nSPS) is 23.7. The minimum absolute atomic E-state index is 0.0378. The maximum Gasteiger partial charge on any atom is 0.331 e. The van der Waals surface area contributed by atoms with Gasteiger partial charge in [-0.05, 0) is 18.4 Å². The number of amides is 2. The largest absolute Gasteiger partial charge is 0.479 e. The number of carboxylic acid groups (broad SMARTS) is 1. The van der Waals surface area contributed by atoms with E-state index >= 15 is 0 Å². The van der Waals surface area contributed by atoms with Gasteiger partial charge in [0.15, 0.2) is 6.04 Å². The summed E-state index contributed by atoms with van der Waals surface area (Å²) >= 11 is 0. The number of rotatable bonds is 4. The number of carbonyl (C=O) groups is 3. The first kappa shape index (κ1) is 15.2. The van der Waals surface area contributed by atoms with E-state index in [1.165, 1.54) is 0 Å². The van der Waals surface area contributed by atoms with Crippen LogP contribution in [0.25, 0.3) is 0 Å². The topological polar surface area (TPSA) is 74.7 Å². The smallest absolute Gasteiger partial charge is 0.331 e. The fourth-order valence-corrected chi connectivity index (χ4v) is 2.61. The van der Waals surface area contributed by atoms with E-state index in [9.17, 15) is 19.5 Å². The van der Waals surface area contributed by atoms with Crippen molar-refractivity contribution in [3.63, 3.8) is 0 Å². The Kier molecular flexibility index (Phi) is 3.85. The summed E-state index contributed by atoms with van der Waals surface area (Å²) in [6.45, 7) is 5.46. The van der Waals surface area contributed by atoms with Gasteiger partial charge in [0.2, 0.25) is 11.8 Å². The van der Waals surface area contributed by atoms with E-state index in [1.807, 2.05) is 13.8 Å². The van der Waals surface area contributed by atoms with E-state index in [1.54, 1.807) is 37.3 Å². The first-order valence-corrected chi connectivity index (χ1v) is 6.93. The van der Waals surface area contributed by atoms with Crippen molar-refractivity contribution in [1.29, 1.82) is 0 Å². The summed E-state index contributed by atoms with van der Waals surface area (Å²) < 4.78 is 0. The predicted octanol–water partition coefficient (Wildman–Crippen LogP) is 2.23. The number of carbonyl (C=O) groups excluding carboxylic acids is 2. The Balaban J connectivity index is 2.45. The fourth-order valence-electron chi connectivity index (χ4n) is 2.61. The van der Waals surface area contributed by atoms with Gasteiger partial charge in [0.25, 0.3) is 0 Å². The van der Waals surface area contributed by atoms with Crippen molar-refractivity contribution in [1.82, 2.24) is 4.90 Å². The third-order valence-corrected chi connectivity index (χ3v) is 4.38. The zero-order valence-electron chi connectivity index (χ0n) is 12.4. The van der Waals surface area contributed by atoms with Crippen molar-refractivity contribution in [3.05, 3.63) is 35.9 Å². The molecule has 0 aliphatic carbocycles. The maximum absolute atomic E-state index is 12.6. The minimum Gasteiger partial charge on any atom is -0.479 e. The van der Waals surface area contributed by atoms with Crippen LogP contribution in [-0.4, -0.2) is 27.8 Å². The molecule has 1 aromatic carbocycles. The van der Waals surface area contributed by atoms with Crippen molar-refractivity contribution in [2.24, 2.45) is 11.3 Å². The molecular weight excluding hydrogens is 270 g/mol. The zero-order chi connectivity index (χ0) is 15.8. The Morgan fingerprint density at radius 3 is 2.24 bits per heavy atom. The fraction of sp³-hybridized carbons (Fsp3) is 0.438. The molecule has 2 rings (SSSR count). The lowest BCUT2D eigenvalue weighted by molar-refractivity contribution is -0.156. The lowest BCUT2D eigenvalue weighted by atomic mass is 9.78. The summed E-state index contributed by atoms with van der Waals surface area (Å²) in [5.41, 5.74) is -0.403. The Labute approximate surface area is 123 Å². The molecule has 1 aromatic rings. The molecule has 0 radical (unpaired) electrons. The van der Waals surface area contributed by atoms with Crippen LogP contribution in [0.5, 0.6) is 0 Å². The Morgan fingerprint density at radius 2 is 1.81 bits per heavy atom. The second-order valence-corrected chi connectivity index (χ2v) is 5.97. The lowest BCUT2D eigenvalue weighted by Gasteiger charge is -2.28. The minimum atomic E-state index is -1.26. The molecule has 2 atom stereocenters. The van der Waals surface area contributed by atoms with Gasteiger partial charge in [0, 0.05) is 6.42 Å². The van der Waals surface area contributed by atoms with E-state index in [0.29, 0.717) is 5.56 Å². The highest BCUT2D eigenvalue weighted by atomic mass is 16.4. The van der Waals surface area contributed by atoms with Crippen molar-refractivity contribution < 1.29 is 19.5 Å². The van der Waals surface area contributed by atoms with Crippen LogP contribution in [-0.2, 0) is 14.4 Å². The molecule has 1 aliphatic rings. The average molecular weight is 289 g/mol.